The van der Waals surface area contributed by atoms with Crippen molar-refractivity contribution in [2.75, 3.05) is 6.54 Å². The molecule has 1 atom stereocenters. The van der Waals surface area contributed by atoms with E-state index in [1.54, 1.807) is 0 Å². The van der Waals surface area contributed by atoms with E-state index in [1.807, 2.05) is 0 Å². The number of nitrogens with one attached hydrogen (secondary N) is 1. The minimum atomic E-state index is 0.432. The molecule has 2 rings (SSSR count). The highest BCUT2D eigenvalue weighted by molar-refractivity contribution is 7.03. The van der Waals surface area contributed by atoms with Crippen LogP contribution in [0.3, 0.4) is 0 Å². The number of rotatable bonds is 6. The third kappa shape index (κ3) is 3.25. The second-order valence-electron chi connectivity index (χ2n) is 4.72. The molecule has 4 heteroatoms. The molecule has 1 aliphatic carbocycles. The summed E-state index contributed by atoms with van der Waals surface area (Å²) < 4.78 is 3.98. The zero-order valence-electron chi connectivity index (χ0n) is 9.98. The monoisotopic (exact) mass is 239 g/mol. The minimum absolute atomic E-state index is 0.432. The van der Waals surface area contributed by atoms with Gasteiger partial charge < -0.3 is 5.32 Å². The fourth-order valence-corrected chi connectivity index (χ4v) is 3.04. The average Bonchev–Trinajstić information content (AvgIpc) is 2.96. The summed E-state index contributed by atoms with van der Waals surface area (Å²) in [7, 11) is 0. The molecule has 0 bridgehead atoms. The molecule has 3 nitrogen and oxygen atoms in total. The Balaban J connectivity index is 1.91. The van der Waals surface area contributed by atoms with Crippen LogP contribution >= 0.6 is 11.5 Å². The van der Waals surface area contributed by atoms with Crippen molar-refractivity contribution in [3.05, 3.63) is 11.1 Å². The summed E-state index contributed by atoms with van der Waals surface area (Å²) >= 11 is 1.46. The van der Waals surface area contributed by atoms with E-state index in [1.165, 1.54) is 50.1 Å². The van der Waals surface area contributed by atoms with Gasteiger partial charge in [-0.2, -0.15) is 0 Å². The molecular formula is C12H21N3S. The van der Waals surface area contributed by atoms with E-state index in [9.17, 15) is 0 Å². The van der Waals surface area contributed by atoms with Gasteiger partial charge in [-0.15, -0.1) is 5.10 Å². The number of hydrogen-bond acceptors (Lipinski definition) is 4. The van der Waals surface area contributed by atoms with Gasteiger partial charge in [0.15, 0.2) is 0 Å². The van der Waals surface area contributed by atoms with Crippen molar-refractivity contribution in [2.45, 2.75) is 51.5 Å². The van der Waals surface area contributed by atoms with Crippen LogP contribution in [0.4, 0.5) is 0 Å². The Hall–Kier alpha value is -0.480. The third-order valence-electron chi connectivity index (χ3n) is 3.42. The van der Waals surface area contributed by atoms with E-state index in [0.29, 0.717) is 6.04 Å². The molecule has 1 N–H and O–H groups in total. The zero-order chi connectivity index (χ0) is 11.2. The van der Waals surface area contributed by atoms with Crippen LogP contribution in [0.25, 0.3) is 0 Å². The first kappa shape index (κ1) is 12.0. The predicted octanol–water partition coefficient (Wildman–Crippen LogP) is 3.16. The molecule has 1 fully saturated rings. The van der Waals surface area contributed by atoms with Crippen molar-refractivity contribution in [1.29, 1.82) is 0 Å². The molecule has 0 aliphatic heterocycles. The van der Waals surface area contributed by atoms with Gasteiger partial charge in [0.2, 0.25) is 0 Å². The van der Waals surface area contributed by atoms with Crippen LogP contribution < -0.4 is 5.32 Å². The molecule has 16 heavy (non-hydrogen) atoms. The Morgan fingerprint density at radius 3 is 2.94 bits per heavy atom. The summed E-state index contributed by atoms with van der Waals surface area (Å²) in [5, 5.41) is 9.91. The Bertz CT molecular complexity index is 280. The van der Waals surface area contributed by atoms with Gasteiger partial charge in [0.25, 0.3) is 0 Å². The molecule has 0 radical (unpaired) electrons. The lowest BCUT2D eigenvalue weighted by Crippen LogP contribution is -2.24. The highest BCUT2D eigenvalue weighted by Crippen LogP contribution is 2.32. The highest BCUT2D eigenvalue weighted by Gasteiger charge is 2.22. The summed E-state index contributed by atoms with van der Waals surface area (Å²) in [6.45, 7) is 3.29. The van der Waals surface area contributed by atoms with E-state index in [2.05, 4.69) is 27.2 Å². The highest BCUT2D eigenvalue weighted by atomic mass is 32.1. The van der Waals surface area contributed by atoms with E-state index >= 15 is 0 Å². The summed E-state index contributed by atoms with van der Waals surface area (Å²) in [6, 6.07) is 0.432. The number of hydrogen-bond donors (Lipinski definition) is 1. The Kier molecular flexibility index (Phi) is 4.72. The van der Waals surface area contributed by atoms with Crippen molar-refractivity contribution in [1.82, 2.24) is 14.9 Å². The Labute approximate surface area is 102 Å². The third-order valence-corrected chi connectivity index (χ3v) is 3.94. The lowest BCUT2D eigenvalue weighted by Gasteiger charge is -2.19. The fourth-order valence-electron chi connectivity index (χ4n) is 2.53. The first-order chi connectivity index (χ1) is 7.90. The van der Waals surface area contributed by atoms with Crippen molar-refractivity contribution in [3.63, 3.8) is 0 Å². The van der Waals surface area contributed by atoms with Gasteiger partial charge in [0.05, 0.1) is 11.7 Å². The maximum Gasteiger partial charge on any atom is 0.0924 e. The van der Waals surface area contributed by atoms with E-state index in [-0.39, 0.29) is 0 Å². The van der Waals surface area contributed by atoms with Crippen molar-refractivity contribution < 1.29 is 0 Å². The summed E-state index contributed by atoms with van der Waals surface area (Å²) in [5.41, 5.74) is 1.14. The SMILES string of the molecule is CCCNC(CC1CCCC1)c1csnn1. The Morgan fingerprint density at radius 2 is 2.31 bits per heavy atom. The van der Waals surface area contributed by atoms with Crippen molar-refractivity contribution in [2.24, 2.45) is 5.92 Å². The van der Waals surface area contributed by atoms with Crippen LogP contribution in [-0.4, -0.2) is 16.1 Å². The van der Waals surface area contributed by atoms with Crippen LogP contribution in [0.5, 0.6) is 0 Å². The zero-order valence-corrected chi connectivity index (χ0v) is 10.8. The van der Waals surface area contributed by atoms with E-state index < -0.39 is 0 Å². The van der Waals surface area contributed by atoms with Gasteiger partial charge >= 0.3 is 0 Å². The molecule has 1 heterocycles. The lowest BCUT2D eigenvalue weighted by atomic mass is 9.97. The normalized spacial score (nSPS) is 19.1. The minimum Gasteiger partial charge on any atom is -0.309 e. The van der Waals surface area contributed by atoms with Crippen LogP contribution in [0.2, 0.25) is 0 Å². The van der Waals surface area contributed by atoms with Gasteiger partial charge in [-0.25, -0.2) is 0 Å². The van der Waals surface area contributed by atoms with Crippen LogP contribution in [0.1, 0.15) is 57.2 Å². The second-order valence-corrected chi connectivity index (χ2v) is 5.33. The van der Waals surface area contributed by atoms with Crippen LogP contribution in [0, 0.1) is 5.92 Å². The van der Waals surface area contributed by atoms with Gasteiger partial charge in [-0.05, 0) is 36.8 Å². The number of nitrogens with zero attached hydrogens (tertiary/aromatic N) is 2. The first-order valence-electron chi connectivity index (χ1n) is 6.40. The molecular weight excluding hydrogens is 218 g/mol. The predicted molar refractivity (Wildman–Crippen MR) is 67.5 cm³/mol. The average molecular weight is 239 g/mol. The standard InChI is InChI=1S/C12H21N3S/c1-2-7-13-11(12-9-16-15-14-12)8-10-5-3-4-6-10/h9-11,13H,2-8H2,1H3. The molecule has 0 saturated heterocycles. The van der Waals surface area contributed by atoms with Crippen LogP contribution in [0.15, 0.2) is 5.38 Å². The van der Waals surface area contributed by atoms with Crippen molar-refractivity contribution >= 4 is 11.5 Å². The largest absolute Gasteiger partial charge is 0.309 e. The van der Waals surface area contributed by atoms with Crippen LogP contribution in [-0.2, 0) is 0 Å². The second kappa shape index (κ2) is 6.30. The van der Waals surface area contributed by atoms with E-state index in [4.69, 9.17) is 0 Å². The van der Waals surface area contributed by atoms with Gasteiger partial charge in [-0.1, -0.05) is 37.1 Å². The van der Waals surface area contributed by atoms with E-state index in [0.717, 1.165) is 18.2 Å². The summed E-state index contributed by atoms with van der Waals surface area (Å²) in [4.78, 5) is 0. The Morgan fingerprint density at radius 1 is 1.50 bits per heavy atom. The maximum atomic E-state index is 4.22. The molecule has 0 aromatic carbocycles. The number of aromatic nitrogens is 2. The van der Waals surface area contributed by atoms with Gasteiger partial charge in [0.1, 0.15) is 0 Å². The van der Waals surface area contributed by atoms with Crippen molar-refractivity contribution in [3.8, 4) is 0 Å². The maximum absolute atomic E-state index is 4.22. The molecule has 90 valence electrons. The molecule has 1 unspecified atom stereocenters. The molecule has 0 spiro atoms. The molecule has 1 saturated carbocycles. The smallest absolute Gasteiger partial charge is 0.0924 e. The quantitative estimate of drug-likeness (QED) is 0.828. The molecule has 1 aromatic heterocycles. The van der Waals surface area contributed by atoms with Gasteiger partial charge in [0, 0.05) is 5.38 Å². The summed E-state index contributed by atoms with van der Waals surface area (Å²) in [5.74, 6) is 0.899. The topological polar surface area (TPSA) is 37.8 Å². The lowest BCUT2D eigenvalue weighted by molar-refractivity contribution is 0.389. The first-order valence-corrected chi connectivity index (χ1v) is 7.24. The molecule has 1 aliphatic rings. The fraction of sp³-hybridized carbons (Fsp3) is 0.833. The molecule has 0 amide bonds. The summed E-state index contributed by atoms with van der Waals surface area (Å²) in [6.07, 6.45) is 8.06. The van der Waals surface area contributed by atoms with Gasteiger partial charge in [-0.3, -0.25) is 0 Å². The molecule has 1 aromatic rings.